The van der Waals surface area contributed by atoms with Crippen LogP contribution in [0.3, 0.4) is 0 Å². The molecule has 1 fully saturated rings. The van der Waals surface area contributed by atoms with Crippen LogP contribution < -0.4 is 5.32 Å². The van der Waals surface area contributed by atoms with Gasteiger partial charge in [0, 0.05) is 12.5 Å². The van der Waals surface area contributed by atoms with Gasteiger partial charge in [-0.3, -0.25) is 0 Å². The second-order valence-electron chi connectivity index (χ2n) is 5.05. The average molecular weight is 207 g/mol. The molecule has 0 bridgehead atoms. The van der Waals surface area contributed by atoms with Crippen molar-refractivity contribution < 1.29 is 4.39 Å². The van der Waals surface area contributed by atoms with Crippen molar-refractivity contribution in [1.82, 2.24) is 5.32 Å². The van der Waals surface area contributed by atoms with Crippen molar-refractivity contribution in [2.45, 2.75) is 26.2 Å². The fourth-order valence-electron chi connectivity index (χ4n) is 2.37. The first-order valence-corrected chi connectivity index (χ1v) is 5.56. The maximum absolute atomic E-state index is 12.8. The highest BCUT2D eigenvalue weighted by Crippen LogP contribution is 2.39. The van der Waals surface area contributed by atoms with E-state index < -0.39 is 0 Å². The Hall–Kier alpha value is -0.890. The Morgan fingerprint density at radius 2 is 1.93 bits per heavy atom. The smallest absolute Gasteiger partial charge is 0.123 e. The summed E-state index contributed by atoms with van der Waals surface area (Å²) in [6, 6.07) is 6.93. The maximum atomic E-state index is 12.8. The Morgan fingerprint density at radius 1 is 1.27 bits per heavy atom. The zero-order valence-corrected chi connectivity index (χ0v) is 9.39. The van der Waals surface area contributed by atoms with Gasteiger partial charge >= 0.3 is 0 Å². The van der Waals surface area contributed by atoms with Crippen molar-refractivity contribution >= 4 is 0 Å². The Bertz CT molecular complexity index is 329. The number of benzene rings is 1. The second-order valence-corrected chi connectivity index (χ2v) is 5.05. The van der Waals surface area contributed by atoms with Crippen LogP contribution in [-0.2, 0) is 0 Å². The zero-order valence-electron chi connectivity index (χ0n) is 9.39. The molecule has 1 N–H and O–H groups in total. The third-order valence-electron chi connectivity index (χ3n) is 3.51. The zero-order chi connectivity index (χ0) is 10.9. The summed E-state index contributed by atoms with van der Waals surface area (Å²) in [4.78, 5) is 0. The molecule has 1 atom stereocenters. The largest absolute Gasteiger partial charge is 0.316 e. The van der Waals surface area contributed by atoms with Gasteiger partial charge in [0.25, 0.3) is 0 Å². The average Bonchev–Trinajstić information content (AvgIpc) is 2.19. The molecule has 1 aliphatic rings. The lowest BCUT2D eigenvalue weighted by Crippen LogP contribution is -2.40. The van der Waals surface area contributed by atoms with Gasteiger partial charge < -0.3 is 5.32 Å². The van der Waals surface area contributed by atoms with Gasteiger partial charge in [0.05, 0.1) is 0 Å². The van der Waals surface area contributed by atoms with Crippen LogP contribution in [0.5, 0.6) is 0 Å². The van der Waals surface area contributed by atoms with E-state index in [1.54, 1.807) is 12.1 Å². The molecule has 1 nitrogen and oxygen atoms in total. The number of nitrogens with one attached hydrogen (secondary N) is 1. The molecule has 1 saturated heterocycles. The Morgan fingerprint density at radius 3 is 2.53 bits per heavy atom. The predicted octanol–water partition coefficient (Wildman–Crippen LogP) is 2.93. The van der Waals surface area contributed by atoms with E-state index in [0.29, 0.717) is 11.3 Å². The normalized spacial score (nSPS) is 25.1. The molecule has 0 spiro atoms. The van der Waals surface area contributed by atoms with Crippen molar-refractivity contribution in [3.05, 3.63) is 35.6 Å². The molecule has 2 rings (SSSR count). The molecule has 0 aliphatic carbocycles. The molecule has 0 amide bonds. The third-order valence-corrected chi connectivity index (χ3v) is 3.51. The summed E-state index contributed by atoms with van der Waals surface area (Å²) < 4.78 is 12.8. The van der Waals surface area contributed by atoms with Gasteiger partial charge in [-0.25, -0.2) is 4.39 Å². The van der Waals surface area contributed by atoms with Crippen molar-refractivity contribution in [3.63, 3.8) is 0 Å². The summed E-state index contributed by atoms with van der Waals surface area (Å²) in [5.74, 6) is 0.340. The van der Waals surface area contributed by atoms with Crippen molar-refractivity contribution in [2.24, 2.45) is 5.41 Å². The van der Waals surface area contributed by atoms with Crippen molar-refractivity contribution in [1.29, 1.82) is 0 Å². The lowest BCUT2D eigenvalue weighted by atomic mass is 9.71. The molecule has 1 aliphatic heterocycles. The molecule has 1 aromatic carbocycles. The van der Waals surface area contributed by atoms with E-state index in [1.807, 2.05) is 12.1 Å². The molecule has 1 unspecified atom stereocenters. The van der Waals surface area contributed by atoms with Crippen molar-refractivity contribution in [3.8, 4) is 0 Å². The summed E-state index contributed by atoms with van der Waals surface area (Å²) in [5.41, 5.74) is 1.55. The van der Waals surface area contributed by atoms with Gasteiger partial charge in [0.2, 0.25) is 0 Å². The van der Waals surface area contributed by atoms with E-state index in [1.165, 1.54) is 12.0 Å². The molecule has 82 valence electrons. The SMILES string of the molecule is CC1(C)CCNCC1c1ccc(F)cc1. The molecule has 1 aromatic rings. The highest BCUT2D eigenvalue weighted by atomic mass is 19.1. The first-order chi connectivity index (χ1) is 7.09. The molecular weight excluding hydrogens is 189 g/mol. The summed E-state index contributed by atoms with van der Waals surface area (Å²) in [7, 11) is 0. The molecule has 0 saturated carbocycles. The first-order valence-electron chi connectivity index (χ1n) is 5.56. The lowest BCUT2D eigenvalue weighted by molar-refractivity contribution is 0.214. The number of rotatable bonds is 1. The van der Waals surface area contributed by atoms with Crippen LogP contribution >= 0.6 is 0 Å². The summed E-state index contributed by atoms with van der Waals surface area (Å²) in [6.45, 7) is 6.67. The van der Waals surface area contributed by atoms with Crippen LogP contribution in [0, 0.1) is 11.2 Å². The maximum Gasteiger partial charge on any atom is 0.123 e. The predicted molar refractivity (Wildman–Crippen MR) is 60.4 cm³/mol. The van der Waals surface area contributed by atoms with E-state index in [9.17, 15) is 4.39 Å². The van der Waals surface area contributed by atoms with Gasteiger partial charge in [0.15, 0.2) is 0 Å². The molecule has 1 heterocycles. The van der Waals surface area contributed by atoms with Crippen LogP contribution in [-0.4, -0.2) is 13.1 Å². The van der Waals surface area contributed by atoms with Crippen LogP contribution in [0.15, 0.2) is 24.3 Å². The van der Waals surface area contributed by atoms with Gasteiger partial charge in [0.1, 0.15) is 5.82 Å². The standard InChI is InChI=1S/C13H18FN/c1-13(2)7-8-15-9-12(13)10-3-5-11(14)6-4-10/h3-6,12,15H,7-9H2,1-2H3. The third kappa shape index (κ3) is 2.20. The molecular formula is C13H18FN. The number of halogens is 1. The summed E-state index contributed by atoms with van der Waals surface area (Å²) in [6.07, 6.45) is 1.18. The highest BCUT2D eigenvalue weighted by molar-refractivity contribution is 5.23. The van der Waals surface area contributed by atoms with Gasteiger partial charge in [-0.1, -0.05) is 26.0 Å². The first kappa shape index (κ1) is 10.6. The number of piperidine rings is 1. The quantitative estimate of drug-likeness (QED) is 0.746. The van der Waals surface area contributed by atoms with Gasteiger partial charge in [-0.2, -0.15) is 0 Å². The fraction of sp³-hybridized carbons (Fsp3) is 0.538. The van der Waals surface area contributed by atoms with E-state index in [0.717, 1.165) is 13.1 Å². The minimum absolute atomic E-state index is 0.152. The second kappa shape index (κ2) is 3.93. The molecule has 2 heteroatoms. The van der Waals surface area contributed by atoms with E-state index in [4.69, 9.17) is 0 Å². The minimum atomic E-state index is -0.152. The van der Waals surface area contributed by atoms with Gasteiger partial charge in [-0.15, -0.1) is 0 Å². The lowest BCUT2D eigenvalue weighted by Gasteiger charge is -2.39. The van der Waals surface area contributed by atoms with Crippen LogP contribution in [0.4, 0.5) is 4.39 Å². The monoisotopic (exact) mass is 207 g/mol. The molecule has 0 radical (unpaired) electrons. The number of hydrogen-bond acceptors (Lipinski definition) is 1. The van der Waals surface area contributed by atoms with Gasteiger partial charge in [-0.05, 0) is 36.1 Å². The molecule has 15 heavy (non-hydrogen) atoms. The summed E-state index contributed by atoms with van der Waals surface area (Å²) >= 11 is 0. The Kier molecular flexibility index (Phi) is 2.79. The van der Waals surface area contributed by atoms with Crippen LogP contribution in [0.2, 0.25) is 0 Å². The minimum Gasteiger partial charge on any atom is -0.316 e. The summed E-state index contributed by atoms with van der Waals surface area (Å²) in [5, 5.41) is 3.41. The highest BCUT2D eigenvalue weighted by Gasteiger charge is 2.32. The van der Waals surface area contributed by atoms with E-state index in [2.05, 4.69) is 19.2 Å². The van der Waals surface area contributed by atoms with Crippen LogP contribution in [0.25, 0.3) is 0 Å². The van der Waals surface area contributed by atoms with Crippen molar-refractivity contribution in [2.75, 3.05) is 13.1 Å². The fourth-order valence-corrected chi connectivity index (χ4v) is 2.37. The Balaban J connectivity index is 2.25. The number of hydrogen-bond donors (Lipinski definition) is 1. The van der Waals surface area contributed by atoms with E-state index in [-0.39, 0.29) is 5.82 Å². The Labute approximate surface area is 90.7 Å². The topological polar surface area (TPSA) is 12.0 Å². The van der Waals surface area contributed by atoms with Crippen LogP contribution in [0.1, 0.15) is 31.7 Å². The van der Waals surface area contributed by atoms with E-state index >= 15 is 0 Å². The molecule has 0 aromatic heterocycles.